The van der Waals surface area contributed by atoms with E-state index in [0.29, 0.717) is 16.9 Å². The minimum absolute atomic E-state index is 0.0895. The standard InChI is InChI=1S/C18H23N3O8/c1-26-17(25)11-5-3-4-6-12(11)21-7-10(19-20-21)9-28-16-14(23)13(8-22)29-18(27-2)15(16)24/h3-7,13-16,18,22-24H,8-9H2,1-2H3/t13-,14+,15-,16+,18-/m1/s1. The van der Waals surface area contributed by atoms with Crippen LogP contribution in [-0.2, 0) is 25.6 Å². The molecular formula is C18H23N3O8. The average Bonchev–Trinajstić information content (AvgIpc) is 3.22. The van der Waals surface area contributed by atoms with Crippen molar-refractivity contribution in [2.75, 3.05) is 20.8 Å². The Morgan fingerprint density at radius 1 is 1.24 bits per heavy atom. The van der Waals surface area contributed by atoms with E-state index in [9.17, 15) is 20.1 Å². The molecule has 0 radical (unpaired) electrons. The molecule has 1 aliphatic heterocycles. The van der Waals surface area contributed by atoms with E-state index in [1.165, 1.54) is 18.9 Å². The van der Waals surface area contributed by atoms with Gasteiger partial charge in [0.05, 0.1) is 37.8 Å². The summed E-state index contributed by atoms with van der Waals surface area (Å²) in [5, 5.41) is 37.9. The number of rotatable bonds is 7. The number of hydrogen-bond acceptors (Lipinski definition) is 10. The van der Waals surface area contributed by atoms with Crippen LogP contribution in [0.3, 0.4) is 0 Å². The van der Waals surface area contributed by atoms with E-state index in [2.05, 4.69) is 10.3 Å². The number of aromatic nitrogens is 3. The molecule has 29 heavy (non-hydrogen) atoms. The van der Waals surface area contributed by atoms with Crippen LogP contribution in [0.15, 0.2) is 30.5 Å². The van der Waals surface area contributed by atoms with Crippen LogP contribution >= 0.6 is 0 Å². The van der Waals surface area contributed by atoms with Gasteiger partial charge in [0.25, 0.3) is 0 Å². The number of ether oxygens (including phenoxy) is 4. The van der Waals surface area contributed by atoms with Crippen molar-refractivity contribution < 1.29 is 39.1 Å². The van der Waals surface area contributed by atoms with E-state index in [0.717, 1.165) is 0 Å². The van der Waals surface area contributed by atoms with E-state index in [-0.39, 0.29) is 6.61 Å². The monoisotopic (exact) mass is 409 g/mol. The van der Waals surface area contributed by atoms with Crippen LogP contribution in [0.25, 0.3) is 5.69 Å². The Labute approximate surface area is 166 Å². The molecule has 11 nitrogen and oxygen atoms in total. The summed E-state index contributed by atoms with van der Waals surface area (Å²) in [6.07, 6.45) is -4.07. The number of para-hydroxylation sites is 1. The fraction of sp³-hybridized carbons (Fsp3) is 0.500. The number of esters is 1. The van der Waals surface area contributed by atoms with E-state index < -0.39 is 43.3 Å². The van der Waals surface area contributed by atoms with Crippen molar-refractivity contribution in [3.63, 3.8) is 0 Å². The minimum Gasteiger partial charge on any atom is -0.465 e. The second-order valence-corrected chi connectivity index (χ2v) is 6.38. The fourth-order valence-electron chi connectivity index (χ4n) is 3.06. The van der Waals surface area contributed by atoms with Gasteiger partial charge in [-0.1, -0.05) is 17.3 Å². The molecule has 158 valence electrons. The second-order valence-electron chi connectivity index (χ2n) is 6.38. The number of hydrogen-bond donors (Lipinski definition) is 3. The zero-order valence-corrected chi connectivity index (χ0v) is 15.9. The topological polar surface area (TPSA) is 145 Å². The van der Waals surface area contributed by atoms with Gasteiger partial charge in [-0.3, -0.25) is 0 Å². The quantitative estimate of drug-likeness (QED) is 0.488. The summed E-state index contributed by atoms with van der Waals surface area (Å²) in [4.78, 5) is 11.9. The van der Waals surface area contributed by atoms with Gasteiger partial charge in [-0.05, 0) is 12.1 Å². The van der Waals surface area contributed by atoms with Gasteiger partial charge in [0.1, 0.15) is 30.1 Å². The van der Waals surface area contributed by atoms with Crippen molar-refractivity contribution in [2.24, 2.45) is 0 Å². The Balaban J connectivity index is 1.73. The second kappa shape index (κ2) is 9.39. The van der Waals surface area contributed by atoms with Crippen LogP contribution in [0, 0.1) is 0 Å². The Morgan fingerprint density at radius 3 is 2.69 bits per heavy atom. The maximum atomic E-state index is 11.9. The fourth-order valence-corrected chi connectivity index (χ4v) is 3.06. The average molecular weight is 409 g/mol. The lowest BCUT2D eigenvalue weighted by molar-refractivity contribution is -0.303. The van der Waals surface area contributed by atoms with Crippen LogP contribution in [0.1, 0.15) is 16.1 Å². The van der Waals surface area contributed by atoms with Crippen LogP contribution in [0.4, 0.5) is 0 Å². The van der Waals surface area contributed by atoms with Gasteiger partial charge in [-0.2, -0.15) is 0 Å². The molecule has 1 fully saturated rings. The zero-order valence-electron chi connectivity index (χ0n) is 15.9. The highest BCUT2D eigenvalue weighted by molar-refractivity contribution is 5.93. The Kier molecular flexibility index (Phi) is 6.90. The zero-order chi connectivity index (χ0) is 21.0. The number of nitrogens with zero attached hydrogens (tertiary/aromatic N) is 3. The first-order valence-electron chi connectivity index (χ1n) is 8.86. The molecule has 0 saturated carbocycles. The summed E-state index contributed by atoms with van der Waals surface area (Å²) < 4.78 is 22.1. The largest absolute Gasteiger partial charge is 0.465 e. The summed E-state index contributed by atoms with van der Waals surface area (Å²) in [7, 11) is 2.62. The van der Waals surface area contributed by atoms with E-state index in [1.807, 2.05) is 0 Å². The van der Waals surface area contributed by atoms with Crippen molar-refractivity contribution in [2.45, 2.75) is 37.3 Å². The van der Waals surface area contributed by atoms with Gasteiger partial charge >= 0.3 is 5.97 Å². The third-order valence-electron chi connectivity index (χ3n) is 4.57. The summed E-state index contributed by atoms with van der Waals surface area (Å²) in [6.45, 7) is -0.554. The highest BCUT2D eigenvalue weighted by atomic mass is 16.7. The van der Waals surface area contributed by atoms with Gasteiger partial charge in [0.2, 0.25) is 0 Å². The van der Waals surface area contributed by atoms with Gasteiger partial charge in [-0.15, -0.1) is 5.10 Å². The minimum atomic E-state index is -1.27. The Bertz CT molecular complexity index is 813. The maximum absolute atomic E-state index is 11.9. The summed E-state index contributed by atoms with van der Waals surface area (Å²) in [6, 6.07) is 6.74. The number of benzene rings is 1. The number of methoxy groups -OCH3 is 2. The molecule has 1 aliphatic rings. The predicted octanol–water partition coefficient (Wildman–Crippen LogP) is -0.975. The van der Waals surface area contributed by atoms with Crippen molar-refractivity contribution in [1.82, 2.24) is 15.0 Å². The summed E-state index contributed by atoms with van der Waals surface area (Å²) in [5.41, 5.74) is 1.19. The Morgan fingerprint density at radius 2 is 2.00 bits per heavy atom. The van der Waals surface area contributed by atoms with Crippen LogP contribution in [0.5, 0.6) is 0 Å². The number of aliphatic hydroxyl groups excluding tert-OH is 3. The molecule has 1 aromatic heterocycles. The smallest absolute Gasteiger partial charge is 0.340 e. The van der Waals surface area contributed by atoms with Crippen molar-refractivity contribution in [3.8, 4) is 5.69 Å². The first-order valence-corrected chi connectivity index (χ1v) is 8.86. The highest BCUT2D eigenvalue weighted by Crippen LogP contribution is 2.25. The third kappa shape index (κ3) is 4.45. The SMILES string of the molecule is COC(=O)c1ccccc1-n1cc(CO[C@H]2[C@@H](O)[C@@H](CO)O[C@@H](OC)[C@@H]2O)nn1. The molecule has 0 amide bonds. The highest BCUT2D eigenvalue weighted by Gasteiger charge is 2.45. The lowest BCUT2D eigenvalue weighted by atomic mass is 9.99. The van der Waals surface area contributed by atoms with E-state index in [1.54, 1.807) is 30.5 Å². The molecule has 0 spiro atoms. The Hall–Kier alpha value is -2.41. The molecule has 3 N–H and O–H groups in total. The predicted molar refractivity (Wildman–Crippen MR) is 96.0 cm³/mol. The molecule has 11 heteroatoms. The van der Waals surface area contributed by atoms with Crippen LogP contribution in [-0.4, -0.2) is 87.8 Å². The molecule has 0 unspecified atom stereocenters. The molecular weight excluding hydrogens is 386 g/mol. The maximum Gasteiger partial charge on any atom is 0.340 e. The lowest BCUT2D eigenvalue weighted by Crippen LogP contribution is -2.59. The van der Waals surface area contributed by atoms with Gasteiger partial charge in [-0.25, -0.2) is 9.48 Å². The number of aliphatic hydroxyl groups is 3. The molecule has 2 aromatic rings. The summed E-state index contributed by atoms with van der Waals surface area (Å²) in [5.74, 6) is -0.511. The molecule has 0 aliphatic carbocycles. The number of carbonyl (C=O) groups excluding carboxylic acids is 1. The lowest BCUT2D eigenvalue weighted by Gasteiger charge is -2.41. The molecule has 1 aromatic carbocycles. The van der Waals surface area contributed by atoms with Crippen molar-refractivity contribution >= 4 is 5.97 Å². The molecule has 1 saturated heterocycles. The van der Waals surface area contributed by atoms with Crippen molar-refractivity contribution in [3.05, 3.63) is 41.7 Å². The number of carbonyl (C=O) groups is 1. The van der Waals surface area contributed by atoms with E-state index in [4.69, 9.17) is 18.9 Å². The van der Waals surface area contributed by atoms with E-state index >= 15 is 0 Å². The molecule has 5 atom stereocenters. The van der Waals surface area contributed by atoms with Gasteiger partial charge < -0.3 is 34.3 Å². The molecule has 2 heterocycles. The van der Waals surface area contributed by atoms with Crippen molar-refractivity contribution in [1.29, 1.82) is 0 Å². The van der Waals surface area contributed by atoms with Gasteiger partial charge in [0.15, 0.2) is 6.29 Å². The molecule has 0 bridgehead atoms. The molecule has 3 rings (SSSR count). The van der Waals surface area contributed by atoms with Crippen LogP contribution < -0.4 is 0 Å². The first-order chi connectivity index (χ1) is 14.0. The first kappa shape index (κ1) is 21.3. The normalized spacial score (nSPS) is 27.0. The van der Waals surface area contributed by atoms with Gasteiger partial charge in [0, 0.05) is 7.11 Å². The third-order valence-corrected chi connectivity index (χ3v) is 4.57. The van der Waals surface area contributed by atoms with Crippen LogP contribution in [0.2, 0.25) is 0 Å². The summed E-state index contributed by atoms with van der Waals surface area (Å²) >= 11 is 0.